The summed E-state index contributed by atoms with van der Waals surface area (Å²) in [5, 5.41) is 5.08. The minimum atomic E-state index is -0.0360. The number of carbonyl (C=O) groups excluding carboxylic acids is 1. The lowest BCUT2D eigenvalue weighted by Crippen LogP contribution is -2.54. The summed E-state index contributed by atoms with van der Waals surface area (Å²) in [6.07, 6.45) is 0. The molecule has 1 saturated heterocycles. The molecule has 1 fully saturated rings. The van der Waals surface area contributed by atoms with Gasteiger partial charge in [-0.05, 0) is 24.3 Å². The van der Waals surface area contributed by atoms with Crippen LogP contribution < -0.4 is 5.32 Å². The topological polar surface area (TPSA) is 35.6 Å². The van der Waals surface area contributed by atoms with Crippen molar-refractivity contribution in [1.29, 1.82) is 0 Å². The van der Waals surface area contributed by atoms with Gasteiger partial charge in [0.2, 0.25) is 5.91 Å². The number of nitrogens with zero attached hydrogens (tertiary/aromatic N) is 2. The van der Waals surface area contributed by atoms with E-state index in [1.807, 2.05) is 18.4 Å². The molecular formula is C16H27N3OS. The van der Waals surface area contributed by atoms with Crippen molar-refractivity contribution in [3.8, 4) is 0 Å². The summed E-state index contributed by atoms with van der Waals surface area (Å²) in [5.41, 5.74) is 0. The molecule has 0 aromatic carbocycles. The van der Waals surface area contributed by atoms with Gasteiger partial charge in [-0.3, -0.25) is 9.69 Å². The number of hydrogen-bond acceptors (Lipinski definition) is 4. The van der Waals surface area contributed by atoms with Crippen LogP contribution in [0.3, 0.4) is 0 Å². The van der Waals surface area contributed by atoms with E-state index in [1.165, 1.54) is 4.88 Å². The fourth-order valence-electron chi connectivity index (χ4n) is 2.75. The fraction of sp³-hybridized carbons (Fsp3) is 0.688. The maximum atomic E-state index is 12.2. The average molecular weight is 309 g/mol. The summed E-state index contributed by atoms with van der Waals surface area (Å²) in [6.45, 7) is 12.4. The van der Waals surface area contributed by atoms with Gasteiger partial charge in [0.1, 0.15) is 0 Å². The van der Waals surface area contributed by atoms with E-state index in [4.69, 9.17) is 0 Å². The number of carbonyl (C=O) groups is 1. The quantitative estimate of drug-likeness (QED) is 0.873. The Morgan fingerprint density at radius 1 is 1.29 bits per heavy atom. The van der Waals surface area contributed by atoms with E-state index in [2.05, 4.69) is 35.0 Å². The predicted molar refractivity (Wildman–Crippen MR) is 88.5 cm³/mol. The molecule has 1 aromatic heterocycles. The predicted octanol–water partition coefficient (Wildman–Crippen LogP) is 2.03. The maximum absolute atomic E-state index is 12.2. The Labute approximate surface area is 132 Å². The molecule has 5 heteroatoms. The van der Waals surface area contributed by atoms with Crippen LogP contribution in [-0.4, -0.2) is 54.5 Å². The van der Waals surface area contributed by atoms with E-state index in [1.54, 1.807) is 11.3 Å². The number of hydrogen-bond donors (Lipinski definition) is 1. The van der Waals surface area contributed by atoms with Crippen molar-refractivity contribution in [2.45, 2.75) is 33.4 Å². The van der Waals surface area contributed by atoms with Gasteiger partial charge in [-0.2, -0.15) is 0 Å². The Kier molecular flexibility index (Phi) is 6.21. The van der Waals surface area contributed by atoms with E-state index in [0.29, 0.717) is 12.5 Å². The van der Waals surface area contributed by atoms with Gasteiger partial charge < -0.3 is 10.2 Å². The summed E-state index contributed by atoms with van der Waals surface area (Å²) in [6, 6.07) is 4.04. The number of piperazine rings is 1. The second-order valence-corrected chi connectivity index (χ2v) is 7.24. The summed E-state index contributed by atoms with van der Waals surface area (Å²) >= 11 is 1.68. The number of nitrogens with one attached hydrogen (secondary N) is 1. The van der Waals surface area contributed by atoms with E-state index in [-0.39, 0.29) is 11.9 Å². The van der Waals surface area contributed by atoms with Crippen LogP contribution in [0.5, 0.6) is 0 Å². The van der Waals surface area contributed by atoms with Gasteiger partial charge in [0.15, 0.2) is 0 Å². The van der Waals surface area contributed by atoms with Crippen LogP contribution in [0.25, 0.3) is 0 Å². The van der Waals surface area contributed by atoms with Crippen LogP contribution in [0.1, 0.15) is 25.6 Å². The van der Waals surface area contributed by atoms with E-state index >= 15 is 0 Å². The first-order chi connectivity index (χ1) is 10.1. The highest BCUT2D eigenvalue weighted by Gasteiger charge is 2.25. The van der Waals surface area contributed by atoms with Gasteiger partial charge in [0.05, 0.1) is 12.6 Å². The summed E-state index contributed by atoms with van der Waals surface area (Å²) in [7, 11) is 0. The molecule has 1 N–H and O–H groups in total. The highest BCUT2D eigenvalue weighted by molar-refractivity contribution is 7.09. The van der Waals surface area contributed by atoms with Gasteiger partial charge in [-0.15, -0.1) is 11.3 Å². The smallest absolute Gasteiger partial charge is 0.237 e. The fourth-order valence-corrected chi connectivity index (χ4v) is 3.40. The molecule has 1 atom stereocenters. The lowest BCUT2D eigenvalue weighted by Gasteiger charge is -2.38. The SMILES string of the molecule is CC(C)CN1CCN(C(C)C(=O)NCc2cccs2)CC1. The van der Waals surface area contributed by atoms with E-state index in [0.717, 1.165) is 32.7 Å². The second kappa shape index (κ2) is 7.92. The molecule has 21 heavy (non-hydrogen) atoms. The van der Waals surface area contributed by atoms with Gasteiger partial charge in [0, 0.05) is 37.6 Å². The van der Waals surface area contributed by atoms with Crippen LogP contribution in [0.15, 0.2) is 17.5 Å². The summed E-state index contributed by atoms with van der Waals surface area (Å²) in [4.78, 5) is 18.2. The molecule has 118 valence electrons. The van der Waals surface area contributed by atoms with Crippen molar-refractivity contribution in [1.82, 2.24) is 15.1 Å². The first-order valence-corrected chi connectivity index (χ1v) is 8.70. The molecule has 0 spiro atoms. The lowest BCUT2D eigenvalue weighted by atomic mass is 10.1. The van der Waals surface area contributed by atoms with Gasteiger partial charge in [-0.25, -0.2) is 0 Å². The molecule has 2 rings (SSSR count). The third-order valence-corrected chi connectivity index (χ3v) is 4.85. The zero-order chi connectivity index (χ0) is 15.2. The standard InChI is InChI=1S/C16H27N3OS/c1-13(2)12-18-6-8-19(9-7-18)14(3)16(20)17-11-15-5-4-10-21-15/h4-5,10,13-14H,6-9,11-12H2,1-3H3,(H,17,20). The lowest BCUT2D eigenvalue weighted by molar-refractivity contribution is -0.126. The molecule has 0 radical (unpaired) electrons. The molecule has 1 aromatic rings. The first kappa shape index (κ1) is 16.5. The minimum Gasteiger partial charge on any atom is -0.350 e. The minimum absolute atomic E-state index is 0.0360. The molecule has 1 aliphatic rings. The molecule has 2 heterocycles. The third kappa shape index (κ3) is 5.09. The van der Waals surface area contributed by atoms with Crippen molar-refractivity contribution >= 4 is 17.2 Å². The zero-order valence-electron chi connectivity index (χ0n) is 13.3. The van der Waals surface area contributed by atoms with Crippen LogP contribution in [0.2, 0.25) is 0 Å². The van der Waals surface area contributed by atoms with Crippen LogP contribution in [-0.2, 0) is 11.3 Å². The Bertz CT molecular complexity index is 425. The zero-order valence-corrected chi connectivity index (χ0v) is 14.2. The Morgan fingerprint density at radius 3 is 2.57 bits per heavy atom. The first-order valence-electron chi connectivity index (χ1n) is 7.82. The molecule has 0 aliphatic carbocycles. The van der Waals surface area contributed by atoms with Crippen LogP contribution in [0.4, 0.5) is 0 Å². The van der Waals surface area contributed by atoms with Crippen molar-refractivity contribution in [3.63, 3.8) is 0 Å². The largest absolute Gasteiger partial charge is 0.350 e. The molecule has 1 aliphatic heterocycles. The Balaban J connectivity index is 1.73. The molecule has 0 bridgehead atoms. The monoisotopic (exact) mass is 309 g/mol. The van der Waals surface area contributed by atoms with E-state index in [9.17, 15) is 4.79 Å². The van der Waals surface area contributed by atoms with Gasteiger partial charge in [0.25, 0.3) is 0 Å². The number of thiophene rings is 1. The number of amides is 1. The Morgan fingerprint density at radius 2 is 2.00 bits per heavy atom. The van der Waals surface area contributed by atoms with Crippen LogP contribution >= 0.6 is 11.3 Å². The maximum Gasteiger partial charge on any atom is 0.237 e. The third-order valence-electron chi connectivity index (χ3n) is 3.97. The second-order valence-electron chi connectivity index (χ2n) is 6.20. The number of rotatable bonds is 6. The average Bonchev–Trinajstić information content (AvgIpc) is 2.97. The van der Waals surface area contributed by atoms with E-state index < -0.39 is 0 Å². The van der Waals surface area contributed by atoms with Gasteiger partial charge in [-0.1, -0.05) is 19.9 Å². The summed E-state index contributed by atoms with van der Waals surface area (Å²) in [5.74, 6) is 0.851. The molecule has 1 unspecified atom stereocenters. The van der Waals surface area contributed by atoms with Crippen molar-refractivity contribution in [3.05, 3.63) is 22.4 Å². The van der Waals surface area contributed by atoms with Crippen molar-refractivity contribution in [2.24, 2.45) is 5.92 Å². The van der Waals surface area contributed by atoms with Crippen molar-refractivity contribution < 1.29 is 4.79 Å². The highest BCUT2D eigenvalue weighted by atomic mass is 32.1. The molecule has 1 amide bonds. The summed E-state index contributed by atoms with van der Waals surface area (Å²) < 4.78 is 0. The molecular weight excluding hydrogens is 282 g/mol. The highest BCUT2D eigenvalue weighted by Crippen LogP contribution is 2.10. The molecule has 0 saturated carbocycles. The van der Waals surface area contributed by atoms with Gasteiger partial charge >= 0.3 is 0 Å². The van der Waals surface area contributed by atoms with Crippen molar-refractivity contribution in [2.75, 3.05) is 32.7 Å². The Hall–Kier alpha value is -0.910. The normalized spacial score (nSPS) is 18.9. The molecule has 4 nitrogen and oxygen atoms in total. The van der Waals surface area contributed by atoms with Crippen LogP contribution in [0, 0.1) is 5.92 Å².